The van der Waals surface area contributed by atoms with Crippen molar-refractivity contribution in [2.45, 2.75) is 26.3 Å². The Morgan fingerprint density at radius 2 is 2.24 bits per heavy atom. The number of amides is 1. The van der Waals surface area contributed by atoms with Gasteiger partial charge in [-0.05, 0) is 35.3 Å². The van der Waals surface area contributed by atoms with Gasteiger partial charge in [0.05, 0.1) is 10.5 Å². The molecule has 0 aliphatic rings. The largest absolute Gasteiger partial charge is 0.350 e. The Morgan fingerprint density at radius 3 is 2.76 bits per heavy atom. The van der Waals surface area contributed by atoms with Crippen molar-refractivity contribution in [1.29, 1.82) is 0 Å². The van der Waals surface area contributed by atoms with Crippen molar-refractivity contribution in [2.75, 3.05) is 0 Å². The number of carbonyl (C=O) groups is 1. The summed E-state index contributed by atoms with van der Waals surface area (Å²) in [5.41, 5.74) is 0.168. The summed E-state index contributed by atoms with van der Waals surface area (Å²) in [6.07, 6.45) is 0.804. The highest BCUT2D eigenvalue weighted by atomic mass is 79.9. The van der Waals surface area contributed by atoms with Crippen molar-refractivity contribution in [3.05, 3.63) is 38.3 Å². The van der Waals surface area contributed by atoms with Gasteiger partial charge in [0, 0.05) is 12.1 Å². The molecule has 0 saturated heterocycles. The first-order valence-corrected chi connectivity index (χ1v) is 6.00. The smallest absolute Gasteiger partial charge is 0.284 e. The standard InChI is InChI=1S/C11H13BrN2O3/c1-3-7(2)13-11(15)8-5-4-6-9(10(8)12)14(16)17/h4-7H,3H2,1-2H3,(H,13,15). The number of halogens is 1. The minimum absolute atomic E-state index is 0.0358. The molecule has 0 saturated carbocycles. The van der Waals surface area contributed by atoms with Crippen LogP contribution in [0.15, 0.2) is 22.7 Å². The number of rotatable bonds is 4. The van der Waals surface area contributed by atoms with Crippen molar-refractivity contribution >= 4 is 27.5 Å². The number of nitro groups is 1. The van der Waals surface area contributed by atoms with E-state index in [0.717, 1.165) is 6.42 Å². The highest BCUT2D eigenvalue weighted by molar-refractivity contribution is 9.10. The molecule has 1 aromatic rings. The molecule has 1 amide bonds. The number of carbonyl (C=O) groups excluding carboxylic acids is 1. The van der Waals surface area contributed by atoms with Crippen molar-refractivity contribution < 1.29 is 9.72 Å². The average molecular weight is 301 g/mol. The molecular formula is C11H13BrN2O3. The van der Waals surface area contributed by atoms with E-state index in [9.17, 15) is 14.9 Å². The zero-order chi connectivity index (χ0) is 13.0. The molecule has 1 unspecified atom stereocenters. The summed E-state index contributed by atoms with van der Waals surface area (Å²) in [6.45, 7) is 3.83. The number of hydrogen-bond acceptors (Lipinski definition) is 3. The van der Waals surface area contributed by atoms with Crippen LogP contribution in [-0.4, -0.2) is 16.9 Å². The van der Waals surface area contributed by atoms with Gasteiger partial charge in [-0.2, -0.15) is 0 Å². The van der Waals surface area contributed by atoms with E-state index in [4.69, 9.17) is 0 Å². The topological polar surface area (TPSA) is 72.2 Å². The monoisotopic (exact) mass is 300 g/mol. The summed E-state index contributed by atoms with van der Waals surface area (Å²) in [5.74, 6) is -0.310. The second-order valence-corrected chi connectivity index (χ2v) is 4.47. The Kier molecular flexibility index (Phi) is 4.62. The van der Waals surface area contributed by atoms with Gasteiger partial charge >= 0.3 is 0 Å². The molecule has 0 bridgehead atoms. The number of benzene rings is 1. The SMILES string of the molecule is CCC(C)NC(=O)c1cccc([N+](=O)[O-])c1Br. The fourth-order valence-corrected chi connectivity index (χ4v) is 1.83. The second-order valence-electron chi connectivity index (χ2n) is 3.68. The van der Waals surface area contributed by atoms with Crippen molar-refractivity contribution in [3.8, 4) is 0 Å². The molecule has 1 atom stereocenters. The predicted molar refractivity (Wildman–Crippen MR) is 68.0 cm³/mol. The molecule has 1 aromatic carbocycles. The maximum Gasteiger partial charge on any atom is 0.284 e. The molecule has 92 valence electrons. The predicted octanol–water partition coefficient (Wildman–Crippen LogP) is 2.89. The van der Waals surface area contributed by atoms with E-state index in [1.807, 2.05) is 13.8 Å². The first-order valence-electron chi connectivity index (χ1n) is 5.21. The molecule has 17 heavy (non-hydrogen) atoms. The van der Waals surface area contributed by atoms with Crippen molar-refractivity contribution in [3.63, 3.8) is 0 Å². The fourth-order valence-electron chi connectivity index (χ4n) is 1.24. The summed E-state index contributed by atoms with van der Waals surface area (Å²) in [6, 6.07) is 4.43. The number of hydrogen-bond donors (Lipinski definition) is 1. The van der Waals surface area contributed by atoms with Gasteiger partial charge in [0.1, 0.15) is 4.47 Å². The zero-order valence-electron chi connectivity index (χ0n) is 9.57. The highest BCUT2D eigenvalue weighted by Gasteiger charge is 2.19. The maximum atomic E-state index is 11.8. The van der Waals surface area contributed by atoms with Crippen LogP contribution in [0.2, 0.25) is 0 Å². The van der Waals surface area contributed by atoms with Gasteiger partial charge in [0.25, 0.3) is 11.6 Å². The molecule has 0 heterocycles. The Bertz CT molecular complexity index is 448. The highest BCUT2D eigenvalue weighted by Crippen LogP contribution is 2.28. The number of nitro benzene ring substituents is 1. The van der Waals surface area contributed by atoms with Crippen LogP contribution in [0.3, 0.4) is 0 Å². The van der Waals surface area contributed by atoms with Gasteiger partial charge < -0.3 is 5.32 Å². The van der Waals surface area contributed by atoms with Crippen LogP contribution in [0.4, 0.5) is 5.69 Å². The molecule has 5 nitrogen and oxygen atoms in total. The molecule has 0 fully saturated rings. The van der Waals surface area contributed by atoms with E-state index < -0.39 is 4.92 Å². The summed E-state index contributed by atoms with van der Waals surface area (Å²) >= 11 is 3.09. The normalized spacial score (nSPS) is 11.9. The van der Waals surface area contributed by atoms with Crippen molar-refractivity contribution in [1.82, 2.24) is 5.32 Å². The summed E-state index contributed by atoms with van der Waals surface area (Å²) < 4.78 is 0.214. The van der Waals surface area contributed by atoms with Gasteiger partial charge in [-0.3, -0.25) is 14.9 Å². The van der Waals surface area contributed by atoms with E-state index in [1.54, 1.807) is 6.07 Å². The van der Waals surface area contributed by atoms with E-state index >= 15 is 0 Å². The van der Waals surface area contributed by atoms with Crippen LogP contribution in [0, 0.1) is 10.1 Å². The minimum atomic E-state index is -0.524. The van der Waals surface area contributed by atoms with Crippen LogP contribution < -0.4 is 5.32 Å². The summed E-state index contributed by atoms with van der Waals surface area (Å²) in [4.78, 5) is 22.0. The Labute approximate surface area is 107 Å². The molecule has 0 radical (unpaired) electrons. The third kappa shape index (κ3) is 3.26. The molecule has 0 aliphatic heterocycles. The molecule has 1 N–H and O–H groups in total. The Balaban J connectivity index is 3.02. The van der Waals surface area contributed by atoms with E-state index in [0.29, 0.717) is 0 Å². The minimum Gasteiger partial charge on any atom is -0.350 e. The zero-order valence-corrected chi connectivity index (χ0v) is 11.2. The van der Waals surface area contributed by atoms with Gasteiger partial charge in [0.2, 0.25) is 0 Å². The second kappa shape index (κ2) is 5.77. The molecule has 6 heteroatoms. The Hall–Kier alpha value is -1.43. The van der Waals surface area contributed by atoms with E-state index in [2.05, 4.69) is 21.2 Å². The van der Waals surface area contributed by atoms with Crippen LogP contribution in [0.25, 0.3) is 0 Å². The maximum absolute atomic E-state index is 11.8. The molecule has 0 aliphatic carbocycles. The first-order chi connectivity index (χ1) is 7.97. The van der Waals surface area contributed by atoms with Crippen LogP contribution in [-0.2, 0) is 0 Å². The van der Waals surface area contributed by atoms with Crippen LogP contribution in [0.5, 0.6) is 0 Å². The molecule has 0 spiro atoms. The molecular weight excluding hydrogens is 288 g/mol. The lowest BCUT2D eigenvalue weighted by atomic mass is 10.1. The van der Waals surface area contributed by atoms with E-state index in [1.165, 1.54) is 12.1 Å². The number of nitrogens with one attached hydrogen (secondary N) is 1. The molecule has 1 rings (SSSR count). The average Bonchev–Trinajstić information content (AvgIpc) is 2.28. The summed E-state index contributed by atoms with van der Waals surface area (Å²) in [5, 5.41) is 13.5. The van der Waals surface area contributed by atoms with Crippen LogP contribution >= 0.6 is 15.9 Å². The lowest BCUT2D eigenvalue weighted by Gasteiger charge is -2.12. The van der Waals surface area contributed by atoms with E-state index in [-0.39, 0.29) is 27.7 Å². The van der Waals surface area contributed by atoms with Gasteiger partial charge in [-0.1, -0.05) is 13.0 Å². The lowest BCUT2D eigenvalue weighted by Crippen LogP contribution is -2.32. The van der Waals surface area contributed by atoms with Gasteiger partial charge in [0.15, 0.2) is 0 Å². The fraction of sp³-hybridized carbons (Fsp3) is 0.364. The van der Waals surface area contributed by atoms with Crippen molar-refractivity contribution in [2.24, 2.45) is 0 Å². The summed E-state index contributed by atoms with van der Waals surface area (Å²) in [7, 11) is 0. The number of nitrogens with zero attached hydrogens (tertiary/aromatic N) is 1. The third-order valence-corrected chi connectivity index (χ3v) is 3.24. The van der Waals surface area contributed by atoms with Gasteiger partial charge in [-0.15, -0.1) is 0 Å². The van der Waals surface area contributed by atoms with Crippen LogP contribution in [0.1, 0.15) is 30.6 Å². The van der Waals surface area contributed by atoms with Gasteiger partial charge in [-0.25, -0.2) is 0 Å². The lowest BCUT2D eigenvalue weighted by molar-refractivity contribution is -0.385. The molecule has 0 aromatic heterocycles. The quantitative estimate of drug-likeness (QED) is 0.686. The third-order valence-electron chi connectivity index (χ3n) is 2.41. The first kappa shape index (κ1) is 13.6. The Morgan fingerprint density at radius 1 is 1.59 bits per heavy atom.